The smallest absolute Gasteiger partial charge is 0.131 e. The Morgan fingerprint density at radius 3 is 2.57 bits per heavy atom. The average molecular weight is 295 g/mol. The largest absolute Gasteiger partial charge is 0.301 e. The second-order valence-electron chi connectivity index (χ2n) is 6.76. The normalized spacial score (nSPS) is 14.7. The summed E-state index contributed by atoms with van der Waals surface area (Å²) in [5, 5.41) is 0. The highest BCUT2D eigenvalue weighted by molar-refractivity contribution is 6.83. The number of aromatic nitrogens is 3. The van der Waals surface area contributed by atoms with Gasteiger partial charge in [-0.15, -0.1) is 5.54 Å². The van der Waals surface area contributed by atoms with E-state index in [4.69, 9.17) is 0 Å². The average Bonchev–Trinajstić information content (AvgIpc) is 3.20. The first-order valence-corrected chi connectivity index (χ1v) is 11.0. The van der Waals surface area contributed by atoms with Crippen molar-refractivity contribution >= 4 is 8.07 Å². The van der Waals surface area contributed by atoms with Crippen LogP contribution in [0.25, 0.3) is 5.69 Å². The Morgan fingerprint density at radius 2 is 2.00 bits per heavy atom. The van der Waals surface area contributed by atoms with Crippen LogP contribution in [-0.4, -0.2) is 22.6 Å². The summed E-state index contributed by atoms with van der Waals surface area (Å²) in [6.07, 6.45) is 6.52. The van der Waals surface area contributed by atoms with Crippen molar-refractivity contribution in [3.05, 3.63) is 41.7 Å². The Bertz CT molecular complexity index is 707. The molecule has 0 saturated heterocycles. The van der Waals surface area contributed by atoms with Crippen LogP contribution in [-0.2, 0) is 0 Å². The predicted octanol–water partition coefficient (Wildman–Crippen LogP) is 3.68. The minimum atomic E-state index is -1.36. The molecule has 1 aliphatic carbocycles. The van der Waals surface area contributed by atoms with Crippen molar-refractivity contribution in [3.63, 3.8) is 0 Å². The molecule has 0 aliphatic heterocycles. The molecule has 2 aromatic rings. The summed E-state index contributed by atoms with van der Waals surface area (Å²) in [6.45, 7) is 8.73. The molecule has 0 N–H and O–H groups in total. The Hall–Kier alpha value is -1.86. The highest BCUT2D eigenvalue weighted by atomic mass is 28.3. The van der Waals surface area contributed by atoms with Crippen molar-refractivity contribution in [2.75, 3.05) is 0 Å². The highest BCUT2D eigenvalue weighted by Crippen LogP contribution is 2.38. The molecule has 3 rings (SSSR count). The quantitative estimate of drug-likeness (QED) is 0.625. The van der Waals surface area contributed by atoms with Crippen LogP contribution in [0.5, 0.6) is 0 Å². The lowest BCUT2D eigenvalue weighted by atomic mass is 10.2. The Morgan fingerprint density at radius 1 is 1.24 bits per heavy atom. The van der Waals surface area contributed by atoms with Crippen molar-refractivity contribution in [1.82, 2.24) is 14.5 Å². The SMILES string of the molecule is Cc1nc(C#C[Si](C)(C)C)cn1-c1ccc(C2CC2)nc1. The lowest BCUT2D eigenvalue weighted by molar-refractivity contribution is 0.945. The fourth-order valence-corrected chi connectivity index (χ4v) is 2.71. The Labute approximate surface area is 127 Å². The van der Waals surface area contributed by atoms with E-state index < -0.39 is 8.07 Å². The van der Waals surface area contributed by atoms with Gasteiger partial charge in [0.1, 0.15) is 19.6 Å². The zero-order valence-corrected chi connectivity index (χ0v) is 14.1. The van der Waals surface area contributed by atoms with Gasteiger partial charge in [0, 0.05) is 17.8 Å². The van der Waals surface area contributed by atoms with E-state index in [2.05, 4.69) is 57.8 Å². The van der Waals surface area contributed by atoms with E-state index in [0.717, 1.165) is 17.2 Å². The van der Waals surface area contributed by atoms with Crippen molar-refractivity contribution in [2.45, 2.75) is 45.3 Å². The summed E-state index contributed by atoms with van der Waals surface area (Å²) < 4.78 is 2.07. The molecule has 1 fully saturated rings. The molecule has 2 heterocycles. The lowest BCUT2D eigenvalue weighted by Crippen LogP contribution is -2.16. The molecule has 0 bridgehead atoms. The number of imidazole rings is 1. The van der Waals surface area contributed by atoms with Crippen molar-refractivity contribution in [3.8, 4) is 17.2 Å². The third-order valence-corrected chi connectivity index (χ3v) is 4.37. The minimum absolute atomic E-state index is 0.695. The van der Waals surface area contributed by atoms with Crippen LogP contribution >= 0.6 is 0 Å². The van der Waals surface area contributed by atoms with Gasteiger partial charge in [0.25, 0.3) is 0 Å². The predicted molar refractivity (Wildman–Crippen MR) is 88.3 cm³/mol. The molecule has 21 heavy (non-hydrogen) atoms. The van der Waals surface area contributed by atoms with Gasteiger partial charge in [-0.25, -0.2) is 4.98 Å². The van der Waals surface area contributed by atoms with Crippen LogP contribution in [0.4, 0.5) is 0 Å². The summed E-state index contributed by atoms with van der Waals surface area (Å²) in [7, 11) is -1.36. The van der Waals surface area contributed by atoms with Crippen molar-refractivity contribution in [1.29, 1.82) is 0 Å². The monoisotopic (exact) mass is 295 g/mol. The molecule has 108 valence electrons. The van der Waals surface area contributed by atoms with Crippen LogP contribution in [0.1, 0.15) is 36.0 Å². The summed E-state index contributed by atoms with van der Waals surface area (Å²) in [6, 6.07) is 4.27. The molecule has 0 spiro atoms. The summed E-state index contributed by atoms with van der Waals surface area (Å²) in [4.78, 5) is 9.12. The first kappa shape index (κ1) is 14.1. The zero-order chi connectivity index (χ0) is 15.0. The number of pyridine rings is 1. The van der Waals surface area contributed by atoms with E-state index in [1.165, 1.54) is 18.5 Å². The third kappa shape index (κ3) is 3.42. The first-order chi connectivity index (χ1) is 9.92. The maximum Gasteiger partial charge on any atom is 0.131 e. The molecule has 0 radical (unpaired) electrons. The fraction of sp³-hybridized carbons (Fsp3) is 0.412. The Balaban J connectivity index is 1.87. The van der Waals surface area contributed by atoms with E-state index >= 15 is 0 Å². The summed E-state index contributed by atoms with van der Waals surface area (Å²) in [5.41, 5.74) is 6.49. The van der Waals surface area contributed by atoms with Crippen LogP contribution in [0.2, 0.25) is 19.6 Å². The minimum Gasteiger partial charge on any atom is -0.301 e. The van der Waals surface area contributed by atoms with Gasteiger partial charge in [-0.05, 0) is 31.9 Å². The molecular weight excluding hydrogens is 274 g/mol. The van der Waals surface area contributed by atoms with Gasteiger partial charge in [0.2, 0.25) is 0 Å². The van der Waals surface area contributed by atoms with Crippen LogP contribution in [0.15, 0.2) is 24.5 Å². The third-order valence-electron chi connectivity index (χ3n) is 3.49. The van der Waals surface area contributed by atoms with Crippen LogP contribution in [0.3, 0.4) is 0 Å². The van der Waals surface area contributed by atoms with E-state index in [-0.39, 0.29) is 0 Å². The fourth-order valence-electron chi connectivity index (χ4n) is 2.21. The van der Waals surface area contributed by atoms with Gasteiger partial charge in [-0.1, -0.05) is 25.6 Å². The van der Waals surface area contributed by atoms with Crippen LogP contribution in [0, 0.1) is 18.4 Å². The maximum atomic E-state index is 4.57. The topological polar surface area (TPSA) is 30.7 Å². The molecule has 0 aromatic carbocycles. The van der Waals surface area contributed by atoms with Gasteiger partial charge in [-0.2, -0.15) is 0 Å². The second-order valence-corrected chi connectivity index (χ2v) is 11.5. The molecule has 0 atom stereocenters. The molecule has 4 heteroatoms. The first-order valence-electron chi connectivity index (χ1n) is 7.48. The molecule has 2 aromatic heterocycles. The van der Waals surface area contributed by atoms with Gasteiger partial charge in [0.05, 0.1) is 11.9 Å². The number of hydrogen-bond acceptors (Lipinski definition) is 2. The van der Waals surface area contributed by atoms with Crippen molar-refractivity contribution < 1.29 is 0 Å². The molecule has 1 aliphatic rings. The number of nitrogens with zero attached hydrogens (tertiary/aromatic N) is 3. The van der Waals surface area contributed by atoms with Gasteiger partial charge in [-0.3, -0.25) is 4.98 Å². The number of rotatable bonds is 2. The molecule has 1 saturated carbocycles. The summed E-state index contributed by atoms with van der Waals surface area (Å²) >= 11 is 0. The standard InChI is InChI=1S/C17H21N3Si/c1-13-19-15(9-10-21(2,3)4)12-20(13)16-7-8-17(18-11-16)14-5-6-14/h7-8,11-12,14H,5-6H2,1-4H3. The van der Waals surface area contributed by atoms with Crippen molar-refractivity contribution in [2.24, 2.45) is 0 Å². The lowest BCUT2D eigenvalue weighted by Gasteiger charge is -2.05. The zero-order valence-electron chi connectivity index (χ0n) is 13.1. The van der Waals surface area contributed by atoms with Gasteiger partial charge >= 0.3 is 0 Å². The summed E-state index contributed by atoms with van der Waals surface area (Å²) in [5.74, 6) is 4.86. The van der Waals surface area contributed by atoms with Gasteiger partial charge in [0.15, 0.2) is 0 Å². The maximum absolute atomic E-state index is 4.57. The van der Waals surface area contributed by atoms with E-state index in [9.17, 15) is 0 Å². The second kappa shape index (κ2) is 5.16. The molecular formula is C17H21N3Si. The number of hydrogen-bond donors (Lipinski definition) is 0. The van der Waals surface area contributed by atoms with Gasteiger partial charge < -0.3 is 4.57 Å². The highest BCUT2D eigenvalue weighted by Gasteiger charge is 2.24. The van der Waals surface area contributed by atoms with E-state index in [1.807, 2.05) is 19.3 Å². The molecule has 3 nitrogen and oxygen atoms in total. The molecule has 0 amide bonds. The molecule has 0 unspecified atom stereocenters. The number of aryl methyl sites for hydroxylation is 1. The van der Waals surface area contributed by atoms with E-state index in [0.29, 0.717) is 5.92 Å². The Kier molecular flexibility index (Phi) is 3.46. The van der Waals surface area contributed by atoms with E-state index in [1.54, 1.807) is 0 Å². The van der Waals surface area contributed by atoms with Crippen LogP contribution < -0.4 is 0 Å².